The van der Waals surface area contributed by atoms with Gasteiger partial charge in [0.15, 0.2) is 0 Å². The Balaban J connectivity index is 2.08. The lowest BCUT2D eigenvalue weighted by Crippen LogP contribution is -2.60. The molecular formula is C13H15NO6S. The molecule has 5 atom stereocenters. The topological polar surface area (TPSA) is 112 Å². The molecule has 0 amide bonds. The van der Waals surface area contributed by atoms with E-state index in [1.165, 1.54) is 0 Å². The number of hydrogen-bond acceptors (Lipinski definition) is 8. The monoisotopic (exact) mass is 313 g/mol. The maximum absolute atomic E-state index is 9.84. The van der Waals surface area contributed by atoms with Crippen molar-refractivity contribution in [3.63, 3.8) is 0 Å². The Morgan fingerprint density at radius 1 is 1.14 bits per heavy atom. The zero-order valence-electron chi connectivity index (χ0n) is 10.9. The van der Waals surface area contributed by atoms with Crippen LogP contribution in [0.15, 0.2) is 29.3 Å². The van der Waals surface area contributed by atoms with Gasteiger partial charge in [0.25, 0.3) is 0 Å². The van der Waals surface area contributed by atoms with Crippen molar-refractivity contribution in [2.45, 2.75) is 30.7 Å². The molecule has 0 saturated carbocycles. The second-order valence-electron chi connectivity index (χ2n) is 4.51. The quantitative estimate of drug-likeness (QED) is 0.442. The molecule has 2 rings (SSSR count). The number of ether oxygens (including phenoxy) is 2. The fraction of sp³-hybridized carbons (Fsp3) is 0.462. The van der Waals surface area contributed by atoms with Crippen molar-refractivity contribution in [2.24, 2.45) is 4.99 Å². The largest absolute Gasteiger partial charge is 0.462 e. The average Bonchev–Trinajstić information content (AvgIpc) is 2.50. The van der Waals surface area contributed by atoms with Crippen LogP contribution in [0.25, 0.3) is 0 Å². The van der Waals surface area contributed by atoms with Crippen molar-refractivity contribution in [3.05, 3.63) is 24.3 Å². The van der Waals surface area contributed by atoms with Crippen LogP contribution in [0.1, 0.15) is 0 Å². The van der Waals surface area contributed by atoms with Crippen LogP contribution in [-0.4, -0.2) is 62.9 Å². The van der Waals surface area contributed by atoms with Crippen molar-refractivity contribution in [1.29, 1.82) is 0 Å². The number of hydrogen-bond donors (Lipinski definition) is 4. The number of isothiocyanates is 1. The number of aliphatic hydroxyl groups is 4. The highest BCUT2D eigenvalue weighted by atomic mass is 32.1. The summed E-state index contributed by atoms with van der Waals surface area (Å²) in [6, 6.07) is 6.40. The third-order valence-electron chi connectivity index (χ3n) is 3.11. The van der Waals surface area contributed by atoms with Gasteiger partial charge in [-0.25, -0.2) is 0 Å². The fourth-order valence-corrected chi connectivity index (χ4v) is 2.06. The molecule has 1 aromatic rings. The zero-order valence-corrected chi connectivity index (χ0v) is 11.7. The van der Waals surface area contributed by atoms with E-state index in [9.17, 15) is 15.3 Å². The number of rotatable bonds is 4. The first kappa shape index (κ1) is 16.0. The molecule has 8 heteroatoms. The average molecular weight is 313 g/mol. The van der Waals surface area contributed by atoms with Gasteiger partial charge >= 0.3 is 0 Å². The van der Waals surface area contributed by atoms with Crippen LogP contribution >= 0.6 is 12.2 Å². The SMILES string of the molecule is OC[C@H]1O[C@H](Oc2ccc(N=C=S)cc2)[C@@H](O)[C@@H](O)[C@@H]1O. The molecule has 1 aliphatic heterocycles. The summed E-state index contributed by atoms with van der Waals surface area (Å²) in [6.45, 7) is -0.507. The van der Waals surface area contributed by atoms with Gasteiger partial charge in [-0.15, -0.1) is 0 Å². The van der Waals surface area contributed by atoms with Crippen LogP contribution in [0, 0.1) is 0 Å². The van der Waals surface area contributed by atoms with E-state index >= 15 is 0 Å². The van der Waals surface area contributed by atoms with E-state index in [1.807, 2.05) is 0 Å². The highest BCUT2D eigenvalue weighted by molar-refractivity contribution is 7.78. The van der Waals surface area contributed by atoms with Crippen LogP contribution in [0.3, 0.4) is 0 Å². The van der Waals surface area contributed by atoms with Gasteiger partial charge in [-0.05, 0) is 36.5 Å². The van der Waals surface area contributed by atoms with Gasteiger partial charge in [-0.3, -0.25) is 0 Å². The summed E-state index contributed by atoms with van der Waals surface area (Å²) in [5.74, 6) is 0.364. The highest BCUT2D eigenvalue weighted by Gasteiger charge is 2.44. The summed E-state index contributed by atoms with van der Waals surface area (Å²) >= 11 is 4.49. The van der Waals surface area contributed by atoms with Gasteiger partial charge in [0.05, 0.1) is 17.5 Å². The molecule has 1 heterocycles. The maximum Gasteiger partial charge on any atom is 0.229 e. The van der Waals surface area contributed by atoms with Gasteiger partial charge in [0, 0.05) is 0 Å². The minimum absolute atomic E-state index is 0.364. The third-order valence-corrected chi connectivity index (χ3v) is 3.20. The van der Waals surface area contributed by atoms with E-state index in [0.717, 1.165) is 0 Å². The molecular weight excluding hydrogens is 298 g/mol. The molecule has 0 radical (unpaired) electrons. The predicted molar refractivity (Wildman–Crippen MR) is 75.5 cm³/mol. The Bertz CT molecular complexity index is 516. The predicted octanol–water partition coefficient (Wildman–Crippen LogP) is -0.400. The molecule has 0 unspecified atom stereocenters. The normalized spacial score (nSPS) is 32.3. The maximum atomic E-state index is 9.84. The van der Waals surface area contributed by atoms with Crippen molar-refractivity contribution >= 4 is 23.1 Å². The molecule has 1 aromatic carbocycles. The minimum Gasteiger partial charge on any atom is -0.462 e. The first-order valence-corrected chi connectivity index (χ1v) is 6.62. The fourth-order valence-electron chi connectivity index (χ4n) is 1.95. The van der Waals surface area contributed by atoms with E-state index in [0.29, 0.717) is 11.4 Å². The highest BCUT2D eigenvalue weighted by Crippen LogP contribution is 2.25. The molecule has 0 spiro atoms. The molecule has 0 aliphatic carbocycles. The third kappa shape index (κ3) is 3.63. The van der Waals surface area contributed by atoms with Crippen LogP contribution in [-0.2, 0) is 4.74 Å². The van der Waals surface area contributed by atoms with E-state index in [1.54, 1.807) is 24.3 Å². The van der Waals surface area contributed by atoms with Crippen LogP contribution in [0.5, 0.6) is 5.75 Å². The second-order valence-corrected chi connectivity index (χ2v) is 4.69. The zero-order chi connectivity index (χ0) is 15.4. The summed E-state index contributed by atoms with van der Waals surface area (Å²) in [6.07, 6.45) is -6.54. The number of aliphatic hydroxyl groups excluding tert-OH is 4. The number of thiocarbonyl (C=S) groups is 1. The molecule has 1 fully saturated rings. The molecule has 1 saturated heterocycles. The van der Waals surface area contributed by atoms with E-state index < -0.39 is 37.3 Å². The lowest BCUT2D eigenvalue weighted by atomic mass is 9.99. The summed E-state index contributed by atoms with van der Waals surface area (Å²) in [4.78, 5) is 3.78. The van der Waals surface area contributed by atoms with Crippen LogP contribution < -0.4 is 4.74 Å². The van der Waals surface area contributed by atoms with E-state index in [-0.39, 0.29) is 0 Å². The van der Waals surface area contributed by atoms with Gasteiger partial charge in [-0.1, -0.05) is 0 Å². The Morgan fingerprint density at radius 2 is 1.81 bits per heavy atom. The lowest BCUT2D eigenvalue weighted by molar-refractivity contribution is -0.277. The molecule has 0 bridgehead atoms. The summed E-state index contributed by atoms with van der Waals surface area (Å²) in [5, 5.41) is 40.5. The van der Waals surface area contributed by atoms with Crippen molar-refractivity contribution in [1.82, 2.24) is 0 Å². The first-order chi connectivity index (χ1) is 10.1. The molecule has 21 heavy (non-hydrogen) atoms. The Labute approximate surface area is 126 Å². The van der Waals surface area contributed by atoms with Gasteiger partial charge in [0.2, 0.25) is 6.29 Å². The number of aliphatic imine (C=N–C) groups is 1. The van der Waals surface area contributed by atoms with E-state index in [4.69, 9.17) is 14.6 Å². The number of benzene rings is 1. The number of nitrogens with zero attached hydrogens (tertiary/aromatic N) is 1. The minimum atomic E-state index is -1.47. The van der Waals surface area contributed by atoms with Gasteiger partial charge < -0.3 is 29.9 Å². The molecule has 7 nitrogen and oxygen atoms in total. The Hall–Kier alpha value is -1.38. The molecule has 1 aliphatic rings. The summed E-state index contributed by atoms with van der Waals surface area (Å²) in [7, 11) is 0. The summed E-state index contributed by atoms with van der Waals surface area (Å²) < 4.78 is 10.6. The molecule has 4 N–H and O–H groups in total. The Kier molecular flexibility index (Phi) is 5.38. The summed E-state index contributed by atoms with van der Waals surface area (Å²) in [5.41, 5.74) is 0.589. The first-order valence-electron chi connectivity index (χ1n) is 6.22. The van der Waals surface area contributed by atoms with Crippen LogP contribution in [0.4, 0.5) is 5.69 Å². The van der Waals surface area contributed by atoms with Crippen molar-refractivity contribution < 1.29 is 29.9 Å². The standard InChI is InChI=1S/C13H15NO6S/c15-5-9-10(16)11(17)12(18)13(20-9)19-8-3-1-7(2-4-8)14-6-21/h1-4,9-13,15-18H,5H2/t9-,10-,11+,12+,13+/m1/s1. The van der Waals surface area contributed by atoms with Gasteiger partial charge in [0.1, 0.15) is 30.2 Å². The second kappa shape index (κ2) is 7.06. The lowest BCUT2D eigenvalue weighted by Gasteiger charge is -2.39. The smallest absolute Gasteiger partial charge is 0.229 e. The van der Waals surface area contributed by atoms with E-state index in [2.05, 4.69) is 22.4 Å². The van der Waals surface area contributed by atoms with Crippen molar-refractivity contribution in [2.75, 3.05) is 6.61 Å². The molecule has 0 aromatic heterocycles. The van der Waals surface area contributed by atoms with Crippen molar-refractivity contribution in [3.8, 4) is 5.75 Å². The van der Waals surface area contributed by atoms with Gasteiger partial charge in [-0.2, -0.15) is 4.99 Å². The molecule has 114 valence electrons. The van der Waals surface area contributed by atoms with Crippen LogP contribution in [0.2, 0.25) is 0 Å². The Morgan fingerprint density at radius 3 is 2.38 bits per heavy atom.